The largest absolute Gasteiger partial charge is 0.507 e. The van der Waals surface area contributed by atoms with Gasteiger partial charge in [-0.25, -0.2) is 0 Å². The van der Waals surface area contributed by atoms with E-state index in [4.69, 9.17) is 9.47 Å². The summed E-state index contributed by atoms with van der Waals surface area (Å²) in [6.07, 6.45) is 1.73. The van der Waals surface area contributed by atoms with Gasteiger partial charge in [0.2, 0.25) is 5.78 Å². The highest BCUT2D eigenvalue weighted by Crippen LogP contribution is 2.39. The fourth-order valence-corrected chi connectivity index (χ4v) is 3.69. The van der Waals surface area contributed by atoms with Gasteiger partial charge >= 0.3 is 0 Å². The minimum Gasteiger partial charge on any atom is -0.507 e. The Bertz CT molecular complexity index is 887. The molecule has 0 atom stereocenters. The van der Waals surface area contributed by atoms with Crippen molar-refractivity contribution in [1.82, 2.24) is 0 Å². The van der Waals surface area contributed by atoms with Crippen LogP contribution in [0.1, 0.15) is 21.5 Å². The number of allylic oxidation sites excluding steroid dienone is 1. The number of ether oxygens (including phenoxy) is 2. The third-order valence-corrected chi connectivity index (χ3v) is 5.46. The average molecular weight is 417 g/mol. The molecule has 0 aromatic heterocycles. The Labute approximate surface area is 160 Å². The first kappa shape index (κ1) is 17.3. The number of aromatic hydroxyl groups is 1. The molecule has 134 valence electrons. The maximum atomic E-state index is 12.8. The number of quaternary nitrogens is 1. The average Bonchev–Trinajstić information content (AvgIpc) is 2.96. The van der Waals surface area contributed by atoms with Crippen LogP contribution in [0.4, 0.5) is 0 Å². The molecule has 2 heterocycles. The molecular weight excluding hydrogens is 398 g/mol. The molecule has 5 nitrogen and oxygen atoms in total. The number of hydrogen-bond donors (Lipinski definition) is 2. The number of Topliss-reactive ketones (excluding diaryl/α,β-unsaturated/α-hetero) is 1. The topological polar surface area (TPSA) is 60.2 Å². The standard InChI is InChI=1S/C20H18BrNO4/c21-16-4-2-1-3-13(16)11-18-19(24)14-5-6-17(23)15(20(14)26-18)12-22-7-9-25-10-8-22/h1-6,11,23H,7-10,12H2/p+1/b18-11+. The summed E-state index contributed by atoms with van der Waals surface area (Å²) in [5.41, 5.74) is 2.06. The molecular formula is C20H19BrNO4+. The van der Waals surface area contributed by atoms with E-state index >= 15 is 0 Å². The Balaban J connectivity index is 1.67. The molecule has 0 aliphatic carbocycles. The maximum Gasteiger partial charge on any atom is 0.231 e. The molecule has 2 aliphatic rings. The molecule has 26 heavy (non-hydrogen) atoms. The number of rotatable bonds is 3. The summed E-state index contributed by atoms with van der Waals surface area (Å²) in [5.74, 6) is 0.759. The lowest BCUT2D eigenvalue weighted by Crippen LogP contribution is -3.12. The van der Waals surface area contributed by atoms with E-state index in [0.29, 0.717) is 36.6 Å². The second-order valence-corrected chi connectivity index (χ2v) is 7.29. The van der Waals surface area contributed by atoms with Crippen LogP contribution in [0.25, 0.3) is 6.08 Å². The molecule has 0 amide bonds. The van der Waals surface area contributed by atoms with Gasteiger partial charge in [0.15, 0.2) is 11.5 Å². The first-order valence-electron chi connectivity index (χ1n) is 8.58. The van der Waals surface area contributed by atoms with Gasteiger partial charge in [-0.3, -0.25) is 4.79 Å². The fraction of sp³-hybridized carbons (Fsp3) is 0.250. The Hall–Kier alpha value is -2.15. The first-order chi connectivity index (χ1) is 12.6. The van der Waals surface area contributed by atoms with Crippen molar-refractivity contribution in [3.8, 4) is 11.5 Å². The molecule has 2 aliphatic heterocycles. The van der Waals surface area contributed by atoms with Crippen molar-refractivity contribution < 1.29 is 24.3 Å². The van der Waals surface area contributed by atoms with Crippen LogP contribution in [-0.2, 0) is 11.3 Å². The molecule has 2 aromatic carbocycles. The zero-order valence-corrected chi connectivity index (χ0v) is 15.7. The number of halogens is 1. The van der Waals surface area contributed by atoms with Gasteiger partial charge in [-0.2, -0.15) is 0 Å². The van der Waals surface area contributed by atoms with Crippen LogP contribution in [0.2, 0.25) is 0 Å². The predicted molar refractivity (Wildman–Crippen MR) is 100 cm³/mol. The molecule has 0 bridgehead atoms. The molecule has 2 N–H and O–H groups in total. The SMILES string of the molecule is O=C1/C(=C\c2ccccc2Br)Oc2c1ccc(O)c2C[NH+]1CCOCC1. The zero-order valence-electron chi connectivity index (χ0n) is 14.1. The molecule has 4 rings (SSSR count). The summed E-state index contributed by atoms with van der Waals surface area (Å²) in [6, 6.07) is 10.9. The highest BCUT2D eigenvalue weighted by molar-refractivity contribution is 9.10. The quantitative estimate of drug-likeness (QED) is 0.752. The van der Waals surface area contributed by atoms with E-state index in [9.17, 15) is 9.90 Å². The van der Waals surface area contributed by atoms with Gasteiger partial charge in [0, 0.05) is 4.47 Å². The van der Waals surface area contributed by atoms with Gasteiger partial charge < -0.3 is 19.5 Å². The smallest absolute Gasteiger partial charge is 0.231 e. The number of hydrogen-bond acceptors (Lipinski definition) is 4. The zero-order chi connectivity index (χ0) is 18.1. The lowest BCUT2D eigenvalue weighted by Gasteiger charge is -2.24. The molecule has 2 aromatic rings. The Morgan fingerprint density at radius 3 is 2.69 bits per heavy atom. The van der Waals surface area contributed by atoms with E-state index in [0.717, 1.165) is 23.1 Å². The molecule has 0 saturated carbocycles. The van der Waals surface area contributed by atoms with Crippen LogP contribution in [0.3, 0.4) is 0 Å². The van der Waals surface area contributed by atoms with Gasteiger partial charge in [0.25, 0.3) is 0 Å². The lowest BCUT2D eigenvalue weighted by atomic mass is 10.0. The summed E-state index contributed by atoms with van der Waals surface area (Å²) < 4.78 is 12.2. The van der Waals surface area contributed by atoms with E-state index in [1.54, 1.807) is 18.2 Å². The van der Waals surface area contributed by atoms with E-state index in [-0.39, 0.29) is 17.3 Å². The number of morpholine rings is 1. The summed E-state index contributed by atoms with van der Waals surface area (Å²) in [5, 5.41) is 10.3. The van der Waals surface area contributed by atoms with Crippen molar-refractivity contribution in [2.75, 3.05) is 26.3 Å². The van der Waals surface area contributed by atoms with Crippen LogP contribution in [0, 0.1) is 0 Å². The van der Waals surface area contributed by atoms with E-state index in [1.165, 1.54) is 4.90 Å². The Kier molecular flexibility index (Phi) is 4.80. The van der Waals surface area contributed by atoms with Gasteiger partial charge in [-0.15, -0.1) is 0 Å². The van der Waals surface area contributed by atoms with Crippen molar-refractivity contribution in [3.63, 3.8) is 0 Å². The minimum absolute atomic E-state index is 0.158. The van der Waals surface area contributed by atoms with Crippen molar-refractivity contribution >= 4 is 27.8 Å². The van der Waals surface area contributed by atoms with Crippen molar-refractivity contribution in [2.24, 2.45) is 0 Å². The van der Waals surface area contributed by atoms with Gasteiger partial charge in [0.1, 0.15) is 25.4 Å². The Morgan fingerprint density at radius 1 is 1.15 bits per heavy atom. The highest BCUT2D eigenvalue weighted by Gasteiger charge is 2.32. The van der Waals surface area contributed by atoms with Crippen molar-refractivity contribution in [1.29, 1.82) is 0 Å². The molecule has 0 radical (unpaired) electrons. The number of carbonyl (C=O) groups excluding carboxylic acids is 1. The number of ketones is 1. The van der Waals surface area contributed by atoms with E-state index in [1.807, 2.05) is 24.3 Å². The van der Waals surface area contributed by atoms with Crippen LogP contribution >= 0.6 is 15.9 Å². The summed E-state index contributed by atoms with van der Waals surface area (Å²) in [6.45, 7) is 3.76. The summed E-state index contributed by atoms with van der Waals surface area (Å²) >= 11 is 3.48. The molecule has 1 fully saturated rings. The van der Waals surface area contributed by atoms with Gasteiger partial charge in [-0.05, 0) is 29.8 Å². The van der Waals surface area contributed by atoms with E-state index < -0.39 is 0 Å². The van der Waals surface area contributed by atoms with Crippen molar-refractivity contribution in [3.05, 3.63) is 63.3 Å². The maximum absolute atomic E-state index is 12.8. The van der Waals surface area contributed by atoms with Crippen LogP contribution in [0.5, 0.6) is 11.5 Å². The lowest BCUT2D eigenvalue weighted by molar-refractivity contribution is -0.921. The number of benzene rings is 2. The van der Waals surface area contributed by atoms with Crippen LogP contribution in [-0.4, -0.2) is 37.2 Å². The summed E-state index contributed by atoms with van der Waals surface area (Å²) in [4.78, 5) is 14.1. The summed E-state index contributed by atoms with van der Waals surface area (Å²) in [7, 11) is 0. The Morgan fingerprint density at radius 2 is 1.92 bits per heavy atom. The number of phenols is 1. The third kappa shape index (κ3) is 3.28. The van der Waals surface area contributed by atoms with Gasteiger partial charge in [-0.1, -0.05) is 34.1 Å². The third-order valence-electron chi connectivity index (χ3n) is 4.73. The second kappa shape index (κ2) is 7.23. The predicted octanol–water partition coefficient (Wildman–Crippen LogP) is 2.19. The first-order valence-corrected chi connectivity index (χ1v) is 9.37. The number of carbonyl (C=O) groups is 1. The molecule has 0 spiro atoms. The minimum atomic E-state index is -0.158. The van der Waals surface area contributed by atoms with Gasteiger partial charge in [0.05, 0.1) is 24.3 Å². The molecule has 6 heteroatoms. The monoisotopic (exact) mass is 416 g/mol. The number of nitrogens with one attached hydrogen (secondary N) is 1. The highest BCUT2D eigenvalue weighted by atomic mass is 79.9. The second-order valence-electron chi connectivity index (χ2n) is 6.44. The molecule has 0 unspecified atom stereocenters. The van der Waals surface area contributed by atoms with Crippen molar-refractivity contribution in [2.45, 2.75) is 6.54 Å². The number of fused-ring (bicyclic) bond motifs is 1. The van der Waals surface area contributed by atoms with Crippen LogP contribution < -0.4 is 9.64 Å². The normalized spacial score (nSPS) is 18.8. The fourth-order valence-electron chi connectivity index (χ4n) is 3.29. The molecule has 1 saturated heterocycles. The van der Waals surface area contributed by atoms with E-state index in [2.05, 4.69) is 15.9 Å². The van der Waals surface area contributed by atoms with Crippen LogP contribution in [0.15, 0.2) is 46.6 Å². The number of phenolic OH excluding ortho intramolecular Hbond substituents is 1.